The summed E-state index contributed by atoms with van der Waals surface area (Å²) in [7, 11) is -4.05. The first-order valence-corrected chi connectivity index (χ1v) is 14.7. The summed E-state index contributed by atoms with van der Waals surface area (Å²) in [5, 5.41) is 17.2. The van der Waals surface area contributed by atoms with Crippen molar-refractivity contribution < 1.29 is 22.7 Å². The summed E-state index contributed by atoms with van der Waals surface area (Å²) in [5.41, 5.74) is 1.28. The Bertz CT molecular complexity index is 1680. The zero-order chi connectivity index (χ0) is 28.6. The van der Waals surface area contributed by atoms with Crippen LogP contribution in [0, 0.1) is 18.7 Å². The van der Waals surface area contributed by atoms with Crippen LogP contribution >= 0.6 is 11.6 Å². The minimum Gasteiger partial charge on any atom is -0.390 e. The Kier molecular flexibility index (Phi) is 7.76. The van der Waals surface area contributed by atoms with Gasteiger partial charge in [0.15, 0.2) is 23.1 Å². The molecular weight excluding hydrogens is 559 g/mol. The van der Waals surface area contributed by atoms with E-state index in [1.165, 1.54) is 24.5 Å². The van der Waals surface area contributed by atoms with Crippen LogP contribution < -0.4 is 10.6 Å². The molecule has 0 saturated heterocycles. The highest BCUT2D eigenvalue weighted by molar-refractivity contribution is 7.90. The quantitative estimate of drug-likeness (QED) is 0.296. The first-order chi connectivity index (χ1) is 19.1. The fourth-order valence-electron chi connectivity index (χ4n) is 4.94. The van der Waals surface area contributed by atoms with Crippen molar-refractivity contribution in [3.63, 3.8) is 0 Å². The van der Waals surface area contributed by atoms with Gasteiger partial charge in [0.05, 0.1) is 34.2 Å². The lowest BCUT2D eigenvalue weighted by Crippen LogP contribution is -2.48. The molecule has 10 nitrogen and oxygen atoms in total. The summed E-state index contributed by atoms with van der Waals surface area (Å²) in [5.74, 6) is -1.79. The van der Waals surface area contributed by atoms with E-state index >= 15 is 0 Å². The van der Waals surface area contributed by atoms with E-state index in [1.807, 2.05) is 6.92 Å². The van der Waals surface area contributed by atoms with Crippen LogP contribution in [0.4, 0.5) is 10.2 Å². The monoisotopic (exact) mass is 586 g/mol. The molecule has 3 aromatic heterocycles. The molecule has 0 radical (unpaired) electrons. The Morgan fingerprint density at radius 3 is 2.67 bits per heavy atom. The van der Waals surface area contributed by atoms with E-state index in [1.54, 1.807) is 25.1 Å². The Morgan fingerprint density at radius 2 is 1.95 bits per heavy atom. The molecule has 4 aromatic rings. The maximum Gasteiger partial charge on any atom is 0.269 e. The molecule has 3 N–H and O–H groups in total. The lowest BCUT2D eigenvalue weighted by Gasteiger charge is -2.34. The largest absolute Gasteiger partial charge is 0.390 e. The number of fused-ring (bicyclic) bond motifs is 1. The number of carbonyl (C=O) groups excluding carboxylic acids is 1. The molecule has 0 aliphatic heterocycles. The van der Waals surface area contributed by atoms with Gasteiger partial charge in [0.1, 0.15) is 0 Å². The van der Waals surface area contributed by atoms with E-state index in [9.17, 15) is 22.7 Å². The number of aliphatic hydroxyl groups is 1. The molecule has 1 amide bonds. The Morgan fingerprint density at radius 1 is 1.20 bits per heavy atom. The van der Waals surface area contributed by atoms with E-state index < -0.39 is 33.9 Å². The van der Waals surface area contributed by atoms with E-state index in [2.05, 4.69) is 25.6 Å². The van der Waals surface area contributed by atoms with Gasteiger partial charge in [0.2, 0.25) is 5.91 Å². The molecule has 1 aromatic carbocycles. The lowest BCUT2D eigenvalue weighted by molar-refractivity contribution is -0.130. The van der Waals surface area contributed by atoms with Crippen molar-refractivity contribution in [1.29, 1.82) is 0 Å². The number of anilines is 1. The third-order valence-corrected chi connectivity index (χ3v) is 8.88. The van der Waals surface area contributed by atoms with Gasteiger partial charge in [-0.05, 0) is 44.9 Å². The summed E-state index contributed by atoms with van der Waals surface area (Å²) < 4.78 is 43.0. The highest BCUT2D eigenvalue weighted by Crippen LogP contribution is 2.33. The number of aliphatic hydroxyl groups excluding tert-OH is 1. The zero-order valence-electron chi connectivity index (χ0n) is 21.8. The highest BCUT2D eigenvalue weighted by atomic mass is 35.5. The maximum absolute atomic E-state index is 14.9. The molecule has 1 aliphatic carbocycles. The summed E-state index contributed by atoms with van der Waals surface area (Å²) >= 11 is 6.20. The Balaban J connectivity index is 1.54. The van der Waals surface area contributed by atoms with Crippen LogP contribution in [-0.2, 0) is 14.8 Å². The molecule has 1 fully saturated rings. The van der Waals surface area contributed by atoms with Crippen molar-refractivity contribution in [2.24, 2.45) is 5.92 Å². The highest BCUT2D eigenvalue weighted by Gasteiger charge is 2.36. The van der Waals surface area contributed by atoms with Crippen LogP contribution in [0.5, 0.6) is 0 Å². The van der Waals surface area contributed by atoms with Crippen LogP contribution in [-0.4, -0.2) is 57.0 Å². The van der Waals surface area contributed by atoms with Crippen molar-refractivity contribution in [3.05, 3.63) is 65.3 Å². The molecule has 3 unspecified atom stereocenters. The molecule has 210 valence electrons. The standard InChI is InChI=1S/C27H28ClFN6O4S/c1-3-30-27(37)18-5-4-6-22(23(18)36)33-25-21(29)13-31-24(34-25)20-14-35(26-19(20)11-16(28)12-32-26)40(38,39)17-9-7-15(2)8-10-17/h7-14,18,22-23,36H,3-6H2,1-2H3,(H,30,37)(H,31,33,34). The summed E-state index contributed by atoms with van der Waals surface area (Å²) in [6.45, 7) is 4.09. The average molecular weight is 587 g/mol. The van der Waals surface area contributed by atoms with Crippen LogP contribution in [0.25, 0.3) is 22.4 Å². The van der Waals surface area contributed by atoms with Gasteiger partial charge in [-0.15, -0.1) is 0 Å². The second-order valence-corrected chi connectivity index (χ2v) is 12.0. The summed E-state index contributed by atoms with van der Waals surface area (Å²) in [4.78, 5) is 25.2. The molecule has 40 heavy (non-hydrogen) atoms. The van der Waals surface area contributed by atoms with Gasteiger partial charge in [-0.2, -0.15) is 0 Å². The first kappa shape index (κ1) is 27.9. The molecule has 1 aliphatic rings. The number of halogens is 2. The fraction of sp³-hybridized carbons (Fsp3) is 0.333. The normalized spacial score (nSPS) is 19.5. The molecule has 1 saturated carbocycles. The van der Waals surface area contributed by atoms with E-state index in [0.29, 0.717) is 31.2 Å². The van der Waals surface area contributed by atoms with Crippen molar-refractivity contribution in [1.82, 2.24) is 24.2 Å². The topological polar surface area (TPSA) is 139 Å². The van der Waals surface area contributed by atoms with Gasteiger partial charge in [-0.3, -0.25) is 4.79 Å². The second-order valence-electron chi connectivity index (χ2n) is 9.74. The van der Waals surface area contributed by atoms with Crippen molar-refractivity contribution in [2.45, 2.75) is 50.2 Å². The number of hydrogen-bond donors (Lipinski definition) is 3. The van der Waals surface area contributed by atoms with Crippen LogP contribution in [0.3, 0.4) is 0 Å². The Hall–Kier alpha value is -3.61. The fourth-order valence-corrected chi connectivity index (χ4v) is 6.42. The Labute approximate surface area is 235 Å². The number of amides is 1. The van der Waals surface area contributed by atoms with Gasteiger partial charge < -0.3 is 15.7 Å². The predicted octanol–water partition coefficient (Wildman–Crippen LogP) is 3.91. The molecule has 3 atom stereocenters. The number of nitrogens with one attached hydrogen (secondary N) is 2. The third kappa shape index (κ3) is 5.26. The van der Waals surface area contributed by atoms with E-state index in [4.69, 9.17) is 11.6 Å². The number of pyridine rings is 1. The number of rotatable bonds is 7. The van der Waals surface area contributed by atoms with Crippen LogP contribution in [0.15, 0.2) is 53.8 Å². The molecule has 5 rings (SSSR count). The molecule has 13 heteroatoms. The number of carbonyl (C=O) groups is 1. The van der Waals surface area contributed by atoms with E-state index in [-0.39, 0.29) is 38.7 Å². The summed E-state index contributed by atoms with van der Waals surface area (Å²) in [6, 6.07) is 7.32. The second kappa shape index (κ2) is 11.1. The van der Waals surface area contributed by atoms with Gasteiger partial charge in [0.25, 0.3) is 10.0 Å². The molecule has 0 bridgehead atoms. The number of nitrogens with zero attached hydrogens (tertiary/aromatic N) is 4. The minimum atomic E-state index is -4.05. The first-order valence-electron chi connectivity index (χ1n) is 12.8. The lowest BCUT2D eigenvalue weighted by atomic mass is 9.82. The van der Waals surface area contributed by atoms with Crippen LogP contribution in [0.1, 0.15) is 31.7 Å². The molecular formula is C27H28ClFN6O4S. The van der Waals surface area contributed by atoms with Crippen molar-refractivity contribution in [3.8, 4) is 11.4 Å². The number of aromatic nitrogens is 4. The van der Waals surface area contributed by atoms with Crippen molar-refractivity contribution in [2.75, 3.05) is 11.9 Å². The molecule has 0 spiro atoms. The maximum atomic E-state index is 14.9. The third-order valence-electron chi connectivity index (χ3n) is 7.01. The molecule has 3 heterocycles. The predicted molar refractivity (Wildman–Crippen MR) is 149 cm³/mol. The van der Waals surface area contributed by atoms with E-state index in [0.717, 1.165) is 15.7 Å². The zero-order valence-corrected chi connectivity index (χ0v) is 23.4. The van der Waals surface area contributed by atoms with Gasteiger partial charge >= 0.3 is 0 Å². The number of benzene rings is 1. The number of hydrogen-bond acceptors (Lipinski definition) is 8. The minimum absolute atomic E-state index is 0.0291. The number of aryl methyl sites for hydroxylation is 1. The van der Waals surface area contributed by atoms with Gasteiger partial charge in [-0.25, -0.2) is 31.7 Å². The van der Waals surface area contributed by atoms with Gasteiger partial charge in [0, 0.05) is 29.9 Å². The smallest absolute Gasteiger partial charge is 0.269 e. The summed E-state index contributed by atoms with van der Waals surface area (Å²) in [6.07, 6.45) is 4.27. The van der Waals surface area contributed by atoms with Crippen molar-refractivity contribution >= 4 is 44.4 Å². The SMILES string of the molecule is CCNC(=O)C1CCCC(Nc2nc(-c3cn(S(=O)(=O)c4ccc(C)cc4)c4ncc(Cl)cc34)ncc2F)C1O. The van der Waals surface area contributed by atoms with Gasteiger partial charge in [-0.1, -0.05) is 35.7 Å². The van der Waals surface area contributed by atoms with Crippen LogP contribution in [0.2, 0.25) is 5.02 Å². The average Bonchev–Trinajstić information content (AvgIpc) is 3.31.